The van der Waals surface area contributed by atoms with Crippen LogP contribution in [0.5, 0.6) is 5.75 Å². The van der Waals surface area contributed by atoms with Crippen LogP contribution in [0.25, 0.3) is 0 Å². The van der Waals surface area contributed by atoms with Gasteiger partial charge in [-0.2, -0.15) is 0 Å². The molecule has 2 heterocycles. The molecule has 1 aromatic heterocycles. The Morgan fingerprint density at radius 2 is 1.81 bits per heavy atom. The van der Waals surface area contributed by atoms with E-state index in [1.54, 1.807) is 0 Å². The van der Waals surface area contributed by atoms with Crippen LogP contribution < -0.4 is 10.1 Å². The number of carbonyl (C=O) groups excluding carboxylic acids is 2. The number of carbonyl (C=O) groups is 2. The highest BCUT2D eigenvalue weighted by atomic mass is 32.2. The van der Waals surface area contributed by atoms with Gasteiger partial charge in [0.15, 0.2) is 0 Å². The highest BCUT2D eigenvalue weighted by Gasteiger charge is 2.31. The van der Waals surface area contributed by atoms with Crippen molar-refractivity contribution in [2.24, 2.45) is 0 Å². The molecule has 0 saturated carbocycles. The van der Waals surface area contributed by atoms with Gasteiger partial charge in [-0.25, -0.2) is 0 Å². The Morgan fingerprint density at radius 1 is 1.11 bits per heavy atom. The van der Waals surface area contributed by atoms with Crippen molar-refractivity contribution >= 4 is 22.9 Å². The molecule has 27 heavy (non-hydrogen) atoms. The first-order valence-electron chi connectivity index (χ1n) is 8.76. The third kappa shape index (κ3) is 6.37. The number of nitrogens with one attached hydrogen (secondary N) is 1. The average Bonchev–Trinajstić information content (AvgIpc) is 3.02. The summed E-state index contributed by atoms with van der Waals surface area (Å²) in [5.41, 5.74) is 3.25. The fraction of sp³-hybridized carbons (Fsp3) is 0.350. The lowest BCUT2D eigenvalue weighted by Crippen LogP contribution is -2.25. The molecule has 144 valence electrons. The molecule has 1 aliphatic heterocycles. The number of pyridine rings is 1. The SMILES string of the molecule is CCc1ccc(CCOc2ccc(CC3SC(=O)NC3=O)cc2)nc1.CO. The zero-order valence-corrected chi connectivity index (χ0v) is 16.3. The second-order valence-corrected chi connectivity index (χ2v) is 7.02. The molecule has 1 fully saturated rings. The summed E-state index contributed by atoms with van der Waals surface area (Å²) in [6.07, 6.45) is 4.19. The molecule has 3 rings (SSSR count). The third-order valence-corrected chi connectivity index (χ3v) is 5.01. The molecule has 2 aromatic rings. The molecule has 0 bridgehead atoms. The van der Waals surface area contributed by atoms with Gasteiger partial charge in [0.1, 0.15) is 5.75 Å². The van der Waals surface area contributed by atoms with Crippen LogP contribution in [0, 0.1) is 0 Å². The molecule has 0 spiro atoms. The number of nitrogens with zero attached hydrogens (tertiary/aromatic N) is 1. The van der Waals surface area contributed by atoms with Gasteiger partial charge in [-0.15, -0.1) is 0 Å². The maximum absolute atomic E-state index is 11.6. The van der Waals surface area contributed by atoms with E-state index in [9.17, 15) is 9.59 Å². The molecule has 1 atom stereocenters. The topological polar surface area (TPSA) is 88.5 Å². The van der Waals surface area contributed by atoms with E-state index < -0.39 is 0 Å². The summed E-state index contributed by atoms with van der Waals surface area (Å²) in [6.45, 7) is 2.67. The molecular weight excluding hydrogens is 364 g/mol. The number of benzene rings is 1. The maximum atomic E-state index is 11.6. The Kier molecular flexibility index (Phi) is 8.29. The minimum Gasteiger partial charge on any atom is -0.493 e. The number of hydrogen-bond acceptors (Lipinski definition) is 6. The monoisotopic (exact) mass is 388 g/mol. The summed E-state index contributed by atoms with van der Waals surface area (Å²) in [4.78, 5) is 27.2. The zero-order chi connectivity index (χ0) is 19.6. The van der Waals surface area contributed by atoms with Crippen molar-refractivity contribution < 1.29 is 19.4 Å². The van der Waals surface area contributed by atoms with E-state index in [-0.39, 0.29) is 16.4 Å². The second-order valence-electron chi connectivity index (χ2n) is 5.84. The van der Waals surface area contributed by atoms with Crippen LogP contribution in [0.2, 0.25) is 0 Å². The molecule has 0 aliphatic carbocycles. The van der Waals surface area contributed by atoms with Crippen LogP contribution in [0.3, 0.4) is 0 Å². The van der Waals surface area contributed by atoms with Gasteiger partial charge in [0.05, 0.1) is 11.9 Å². The molecule has 1 aromatic carbocycles. The summed E-state index contributed by atoms with van der Waals surface area (Å²) >= 11 is 1.05. The Labute approximate surface area is 163 Å². The van der Waals surface area contributed by atoms with Crippen molar-refractivity contribution in [3.05, 3.63) is 59.4 Å². The van der Waals surface area contributed by atoms with Crippen molar-refractivity contribution in [1.29, 1.82) is 0 Å². The van der Waals surface area contributed by atoms with E-state index in [1.165, 1.54) is 5.56 Å². The lowest BCUT2D eigenvalue weighted by Gasteiger charge is -2.09. The van der Waals surface area contributed by atoms with Gasteiger partial charge in [0, 0.05) is 25.4 Å². The lowest BCUT2D eigenvalue weighted by molar-refractivity contribution is -0.118. The number of aliphatic hydroxyl groups excluding tert-OH is 1. The van der Waals surface area contributed by atoms with Crippen molar-refractivity contribution in [3.8, 4) is 5.75 Å². The fourth-order valence-electron chi connectivity index (χ4n) is 2.55. The molecule has 1 unspecified atom stereocenters. The number of imide groups is 1. The largest absolute Gasteiger partial charge is 0.493 e. The van der Waals surface area contributed by atoms with Gasteiger partial charge >= 0.3 is 0 Å². The average molecular weight is 388 g/mol. The van der Waals surface area contributed by atoms with Crippen molar-refractivity contribution in [3.63, 3.8) is 0 Å². The zero-order valence-electron chi connectivity index (χ0n) is 15.5. The van der Waals surface area contributed by atoms with Crippen LogP contribution in [0.1, 0.15) is 23.7 Å². The molecule has 1 saturated heterocycles. The van der Waals surface area contributed by atoms with E-state index in [0.717, 1.165) is 48.7 Å². The van der Waals surface area contributed by atoms with Crippen LogP contribution in [0.4, 0.5) is 4.79 Å². The minimum absolute atomic E-state index is 0.211. The van der Waals surface area contributed by atoms with Gasteiger partial charge < -0.3 is 9.84 Å². The summed E-state index contributed by atoms with van der Waals surface area (Å²) in [6, 6.07) is 11.8. The fourth-order valence-corrected chi connectivity index (χ4v) is 3.41. The normalized spacial score (nSPS) is 15.7. The molecule has 1 aliphatic rings. The number of amides is 2. The van der Waals surface area contributed by atoms with Crippen LogP contribution in [-0.2, 0) is 24.1 Å². The van der Waals surface area contributed by atoms with Gasteiger partial charge in [0.25, 0.3) is 5.24 Å². The Balaban J connectivity index is 0.00000126. The Bertz CT molecular complexity index is 748. The Morgan fingerprint density at radius 3 is 2.37 bits per heavy atom. The molecule has 7 heteroatoms. The van der Waals surface area contributed by atoms with Crippen molar-refractivity contribution in [2.45, 2.75) is 31.4 Å². The van der Waals surface area contributed by atoms with E-state index in [1.807, 2.05) is 36.5 Å². The van der Waals surface area contributed by atoms with Crippen LogP contribution in [-0.4, -0.2) is 40.2 Å². The van der Waals surface area contributed by atoms with Crippen LogP contribution >= 0.6 is 11.8 Å². The first kappa shape index (κ1) is 20.9. The number of aliphatic hydroxyl groups is 1. The number of aryl methyl sites for hydroxylation is 1. The van der Waals surface area contributed by atoms with Gasteiger partial charge in [-0.05, 0) is 42.2 Å². The summed E-state index contributed by atoms with van der Waals surface area (Å²) in [7, 11) is 1.00. The van der Waals surface area contributed by atoms with E-state index in [4.69, 9.17) is 9.84 Å². The number of hydrogen-bond donors (Lipinski definition) is 2. The van der Waals surface area contributed by atoms with Gasteiger partial charge in [0.2, 0.25) is 5.91 Å². The number of aromatic nitrogens is 1. The molecule has 0 radical (unpaired) electrons. The maximum Gasteiger partial charge on any atom is 0.286 e. The van der Waals surface area contributed by atoms with E-state index in [0.29, 0.717) is 13.0 Å². The quantitative estimate of drug-likeness (QED) is 0.758. The molecule has 2 amide bonds. The predicted molar refractivity (Wildman–Crippen MR) is 106 cm³/mol. The number of rotatable bonds is 7. The van der Waals surface area contributed by atoms with Crippen molar-refractivity contribution in [1.82, 2.24) is 10.3 Å². The highest BCUT2D eigenvalue weighted by Crippen LogP contribution is 2.23. The lowest BCUT2D eigenvalue weighted by atomic mass is 10.1. The van der Waals surface area contributed by atoms with Gasteiger partial charge in [-0.3, -0.25) is 19.9 Å². The number of thioether (sulfide) groups is 1. The first-order valence-corrected chi connectivity index (χ1v) is 9.63. The third-order valence-electron chi connectivity index (χ3n) is 4.03. The highest BCUT2D eigenvalue weighted by molar-refractivity contribution is 8.15. The van der Waals surface area contributed by atoms with Gasteiger partial charge in [-0.1, -0.05) is 36.9 Å². The van der Waals surface area contributed by atoms with E-state index in [2.05, 4.69) is 23.3 Å². The molecular formula is C20H24N2O4S. The summed E-state index contributed by atoms with van der Waals surface area (Å²) in [5, 5.41) is 8.70. The molecule has 6 nitrogen and oxygen atoms in total. The standard InChI is InChI=1S/C19H20N2O3S.CH4O/c1-2-13-3-6-15(20-12-13)9-10-24-16-7-4-14(5-8-16)11-17-18(22)21-19(23)25-17;1-2/h3-8,12,17H,2,9-11H2,1H3,(H,21,22,23);2H,1H3. The first-order chi connectivity index (χ1) is 13.1. The minimum atomic E-state index is -0.337. The van der Waals surface area contributed by atoms with Crippen molar-refractivity contribution in [2.75, 3.05) is 13.7 Å². The number of ether oxygens (including phenoxy) is 1. The summed E-state index contributed by atoms with van der Waals surface area (Å²) < 4.78 is 5.75. The summed E-state index contributed by atoms with van der Waals surface area (Å²) in [5.74, 6) is 0.574. The predicted octanol–water partition coefficient (Wildman–Crippen LogP) is 2.77. The molecule has 2 N–H and O–H groups in total. The van der Waals surface area contributed by atoms with E-state index >= 15 is 0 Å². The Hall–Kier alpha value is -2.38. The van der Waals surface area contributed by atoms with Crippen LogP contribution in [0.15, 0.2) is 42.6 Å². The second kappa shape index (κ2) is 10.7. The smallest absolute Gasteiger partial charge is 0.286 e.